The van der Waals surface area contributed by atoms with Gasteiger partial charge >= 0.3 is 24.8 Å². The van der Waals surface area contributed by atoms with Crippen LogP contribution < -0.4 is 28.4 Å². The zero-order valence-corrected chi connectivity index (χ0v) is 76.3. The van der Waals surface area contributed by atoms with Crippen molar-refractivity contribution in [3.8, 4) is 34.5 Å². The predicted octanol–water partition coefficient (Wildman–Crippen LogP) is 26.8. The molecule has 0 saturated carbocycles. The fraction of sp³-hybridized carbons (Fsp3) is 0.160. The first-order valence-corrected chi connectivity index (χ1v) is 44.2. The van der Waals surface area contributed by atoms with Crippen LogP contribution in [-0.2, 0) is 48.1 Å². The Morgan fingerprint density at radius 3 is 1.13 bits per heavy atom. The number of methoxy groups -OCH3 is 3. The van der Waals surface area contributed by atoms with Gasteiger partial charge in [0, 0.05) is 93.7 Å². The summed E-state index contributed by atoms with van der Waals surface area (Å²) in [5, 5.41) is 18.1. The average Bonchev–Trinajstić information content (AvgIpc) is 0.737. The van der Waals surface area contributed by atoms with Crippen molar-refractivity contribution in [1.29, 1.82) is 0 Å². The molecular formula is C119H101NO13. The molecule has 4 aliphatic rings. The van der Waals surface area contributed by atoms with E-state index in [1.807, 2.05) is 159 Å². The quantitative estimate of drug-likeness (QED) is 0.0761. The monoisotopic (exact) mass is 1750 g/mol. The van der Waals surface area contributed by atoms with E-state index < -0.39 is 28.4 Å². The molecule has 16 aromatic carbocycles. The van der Waals surface area contributed by atoms with Crippen molar-refractivity contribution in [3.05, 3.63) is 473 Å². The number of rotatable bonds is 15. The van der Waals surface area contributed by atoms with Crippen molar-refractivity contribution in [2.45, 2.75) is 97.2 Å². The van der Waals surface area contributed by atoms with Crippen LogP contribution in [0.4, 0.5) is 0 Å². The summed E-state index contributed by atoms with van der Waals surface area (Å²) in [7, 11) is 4.39. The molecule has 660 valence electrons. The number of hydrogen-bond acceptors (Lipinski definition) is 13. The van der Waals surface area contributed by atoms with Gasteiger partial charge in [-0.15, -0.1) is 0 Å². The van der Waals surface area contributed by atoms with E-state index in [9.17, 15) is 14.7 Å². The van der Waals surface area contributed by atoms with E-state index in [0.717, 1.165) is 122 Å². The van der Waals surface area contributed by atoms with E-state index in [1.165, 1.54) is 58.5 Å². The van der Waals surface area contributed by atoms with Crippen LogP contribution >= 0.6 is 0 Å². The van der Waals surface area contributed by atoms with E-state index in [4.69, 9.17) is 54.1 Å². The molecule has 0 spiro atoms. The highest BCUT2D eigenvalue weighted by molar-refractivity contribution is 6.10. The molecule has 4 atom stereocenters. The molecule has 0 fully saturated rings. The van der Waals surface area contributed by atoms with Crippen LogP contribution in [0.5, 0.6) is 34.5 Å². The molecule has 133 heavy (non-hydrogen) atoms. The van der Waals surface area contributed by atoms with Gasteiger partial charge in [0.25, 0.3) is 0 Å². The number of nitrogens with zero attached hydrogens (tertiary/aromatic N) is 1. The third-order valence-corrected chi connectivity index (χ3v) is 25.5. The Kier molecular flexibility index (Phi) is 26.4. The second-order valence-corrected chi connectivity index (χ2v) is 33.9. The van der Waals surface area contributed by atoms with Gasteiger partial charge in [0.2, 0.25) is 0 Å². The molecule has 0 saturated heterocycles. The maximum absolute atomic E-state index is 13.0. The highest BCUT2D eigenvalue weighted by atomic mass is 16.5. The van der Waals surface area contributed by atoms with Gasteiger partial charge in [-0.05, 0) is 153 Å². The predicted molar refractivity (Wildman–Crippen MR) is 529 cm³/mol. The third-order valence-electron chi connectivity index (χ3n) is 25.5. The summed E-state index contributed by atoms with van der Waals surface area (Å²) >= 11 is 0. The maximum Gasteiger partial charge on any atom is 0.373 e. The van der Waals surface area contributed by atoms with Gasteiger partial charge in [-0.25, -0.2) is 16.2 Å². The van der Waals surface area contributed by atoms with Gasteiger partial charge in [0.15, 0.2) is 28.2 Å². The van der Waals surface area contributed by atoms with Crippen molar-refractivity contribution < 1.29 is 62.2 Å². The Labute approximate surface area is 775 Å². The number of ether oxygens (including phenoxy) is 8. The van der Waals surface area contributed by atoms with Crippen molar-refractivity contribution in [2.24, 2.45) is 0 Å². The molecule has 14 nitrogen and oxygen atoms in total. The molecule has 0 bridgehead atoms. The molecule has 16 aromatic rings. The van der Waals surface area contributed by atoms with Crippen LogP contribution in [0, 0.1) is 55.0 Å². The summed E-state index contributed by atoms with van der Waals surface area (Å²) in [6.07, 6.45) is 16.9. The standard InChI is InChI=1S/C30H23NO4.C30H26O4.C29H26O2.C29H26O.CO2/c1-20-13-15-22(16-14-20)30(21-9-5-4-6-10-21)18-17-25-26(29(32)33-3)28(34-19-31-2)24-12-8-7-11-23(24)27(25)35-30;1-19-9-11-21(12-10-19)30(22-13-15-23(32-3)16-14-22)18-17-26-27(29(31)33-4)20(2)24-7-5-6-8-25(24)28(26)34-30;1-19-9-12-24(13-10-19)29(23-7-5-4-6-8-23)16-15-25-22(18-30)17-27-21(3)20(2)11-14-26(27)28(25)31-29;1-20(2)27-19-22-9-7-8-12-25(22)28-26(27)17-18-29(30-28,23-10-5-4-6-11-23)24-15-13-21(3)14-16-24;2-1-3/h4-18H,19H2,1,3H3;5-18H,1-4H3;4-17,30H,18H2,1-3H3;4-20H,1-3H3;. The first kappa shape index (κ1) is 90.4. The summed E-state index contributed by atoms with van der Waals surface area (Å²) in [5.74, 6) is 3.61. The number of aliphatic hydroxyl groups is 1. The van der Waals surface area contributed by atoms with E-state index in [2.05, 4.69) is 266 Å². The lowest BCUT2D eigenvalue weighted by molar-refractivity contribution is -0.191. The van der Waals surface area contributed by atoms with E-state index in [1.54, 1.807) is 7.11 Å². The van der Waals surface area contributed by atoms with E-state index >= 15 is 0 Å². The number of benzene rings is 16. The zero-order chi connectivity index (χ0) is 93.3. The first-order chi connectivity index (χ1) is 64.6. The Hall–Kier alpha value is -15.9. The van der Waals surface area contributed by atoms with Gasteiger partial charge < -0.3 is 43.0 Å². The molecule has 4 heterocycles. The minimum Gasteiger partial charge on any atom is -0.497 e. The Morgan fingerprint density at radius 1 is 0.376 bits per heavy atom. The van der Waals surface area contributed by atoms with E-state index in [-0.39, 0.29) is 31.0 Å². The molecule has 4 aliphatic heterocycles. The van der Waals surface area contributed by atoms with Crippen molar-refractivity contribution in [2.75, 3.05) is 28.1 Å². The molecule has 1 N–H and O–H groups in total. The highest BCUT2D eigenvalue weighted by Crippen LogP contribution is 2.54. The number of fused-ring (bicyclic) bond motifs is 12. The Balaban J connectivity index is 0.000000128. The first-order valence-electron chi connectivity index (χ1n) is 44.2. The van der Waals surface area contributed by atoms with Crippen LogP contribution in [0.15, 0.2) is 334 Å². The second-order valence-electron chi connectivity index (χ2n) is 33.9. The van der Waals surface area contributed by atoms with E-state index in [0.29, 0.717) is 39.7 Å². The smallest absolute Gasteiger partial charge is 0.373 e. The molecular weight excluding hydrogens is 1650 g/mol. The normalized spacial score (nSPS) is 16.6. The average molecular weight is 1750 g/mol. The Morgan fingerprint density at radius 2 is 0.714 bits per heavy atom. The molecule has 4 unspecified atom stereocenters. The summed E-state index contributed by atoms with van der Waals surface area (Å²) in [6, 6.07) is 105. The molecule has 0 amide bonds. The molecule has 0 aromatic heterocycles. The number of carbonyl (C=O) groups is 2. The SMILES string of the molecule is COC(=O)c1c2c(c3ccccc3c1C)OC(c1ccc(C)cc1)(c1ccc(OC)cc1)C=C2.Cc1ccc(C2(c3ccccc3)C=Cc3c(C(C)C)cc4ccccc4c3O2)cc1.Cc1ccc(C2(c3ccccc3)C=Cc3c(CO)cc4c(C)c(C)ccc4c3O2)cc1.O=C=O.[C-]#[N+]COc1c(C(=O)OC)c2c(c3ccccc13)OC(c1ccccc1)(c1ccc(C)cc1)C=C2. The number of aryl methyl sites for hydroxylation is 7. The lowest BCUT2D eigenvalue weighted by Crippen LogP contribution is -2.34. The number of aliphatic hydroxyl groups excluding tert-OH is 1. The van der Waals surface area contributed by atoms with Gasteiger partial charge in [-0.1, -0.05) is 339 Å². The van der Waals surface area contributed by atoms with Crippen molar-refractivity contribution in [1.82, 2.24) is 0 Å². The highest BCUT2D eigenvalue weighted by Gasteiger charge is 2.44. The largest absolute Gasteiger partial charge is 0.497 e. The summed E-state index contributed by atoms with van der Waals surface area (Å²) in [6.45, 7) is 26.0. The lowest BCUT2D eigenvalue weighted by Gasteiger charge is -2.37. The van der Waals surface area contributed by atoms with Crippen LogP contribution in [0.25, 0.3) is 72.2 Å². The fourth-order valence-electron chi connectivity index (χ4n) is 18.3. The van der Waals surface area contributed by atoms with Gasteiger partial charge in [0.05, 0.1) is 33.5 Å². The molecule has 20 rings (SSSR count). The number of carbonyl (C=O) groups excluding carboxylic acids is 4. The molecule has 14 heteroatoms. The fourth-order valence-corrected chi connectivity index (χ4v) is 18.3. The summed E-state index contributed by atoms with van der Waals surface area (Å²) in [5.41, 5.74) is 19.7. The third kappa shape index (κ3) is 17.2. The summed E-state index contributed by atoms with van der Waals surface area (Å²) < 4.78 is 49.4. The minimum atomic E-state index is -0.906. The summed E-state index contributed by atoms with van der Waals surface area (Å²) in [4.78, 5) is 45.4. The second kappa shape index (κ2) is 38.8. The minimum absolute atomic E-state index is 0.0256. The number of hydrogen-bond donors (Lipinski definition) is 1. The van der Waals surface area contributed by atoms with Crippen molar-refractivity contribution in [3.63, 3.8) is 0 Å². The molecule has 0 aliphatic carbocycles. The zero-order valence-electron chi connectivity index (χ0n) is 76.3. The van der Waals surface area contributed by atoms with Gasteiger partial charge in [0.1, 0.15) is 34.3 Å². The van der Waals surface area contributed by atoms with Crippen LogP contribution in [0.3, 0.4) is 0 Å². The van der Waals surface area contributed by atoms with Gasteiger partial charge in [-0.2, -0.15) is 9.59 Å². The van der Waals surface area contributed by atoms with Gasteiger partial charge in [-0.3, -0.25) is 4.85 Å². The van der Waals surface area contributed by atoms with Crippen LogP contribution in [0.1, 0.15) is 157 Å². The topological polar surface area (TPSA) is 167 Å². The lowest BCUT2D eigenvalue weighted by atomic mass is 9.81. The van der Waals surface area contributed by atoms with Crippen LogP contribution in [0.2, 0.25) is 0 Å². The number of esters is 2. The molecule has 0 radical (unpaired) electrons. The Bertz CT molecular complexity index is 7280. The van der Waals surface area contributed by atoms with Crippen molar-refractivity contribution >= 4 is 85.5 Å². The maximum atomic E-state index is 13.0. The van der Waals surface area contributed by atoms with Crippen LogP contribution in [-0.4, -0.2) is 51.3 Å².